The fraction of sp³-hybridized carbons (Fsp3) is 0.550. The fourth-order valence-electron chi connectivity index (χ4n) is 2.38. The summed E-state index contributed by atoms with van der Waals surface area (Å²) in [6, 6.07) is 9.39. The number of ether oxygens (including phenoxy) is 3. The molecule has 1 aromatic carbocycles. The zero-order valence-corrected chi connectivity index (χ0v) is 16.5. The molecule has 1 rings (SSSR count). The highest BCUT2D eigenvalue weighted by molar-refractivity contribution is 5.78. The third kappa shape index (κ3) is 8.11. The molecule has 1 amide bonds. The van der Waals surface area contributed by atoms with E-state index in [0.717, 1.165) is 12.0 Å². The third-order valence-electron chi connectivity index (χ3n) is 3.86. The van der Waals surface area contributed by atoms with Crippen molar-refractivity contribution in [3.05, 3.63) is 35.9 Å². The summed E-state index contributed by atoms with van der Waals surface area (Å²) in [6.45, 7) is 6.07. The van der Waals surface area contributed by atoms with Gasteiger partial charge in [0.1, 0.15) is 13.2 Å². The molecule has 0 aliphatic carbocycles. The molecule has 0 fully saturated rings. The molecule has 0 aliphatic heterocycles. The molecular formula is C20H29NO6. The molecule has 27 heavy (non-hydrogen) atoms. The smallest absolute Gasteiger partial charge is 0.410 e. The van der Waals surface area contributed by atoms with Crippen molar-refractivity contribution in [3.8, 4) is 0 Å². The number of carbonyl (C=O) groups is 3. The Labute approximate surface area is 160 Å². The average Bonchev–Trinajstić information content (AvgIpc) is 2.66. The van der Waals surface area contributed by atoms with E-state index in [4.69, 9.17) is 9.47 Å². The maximum Gasteiger partial charge on any atom is 0.410 e. The predicted molar refractivity (Wildman–Crippen MR) is 99.9 cm³/mol. The Morgan fingerprint density at radius 2 is 1.74 bits per heavy atom. The topological polar surface area (TPSA) is 82.1 Å². The first-order valence-electron chi connectivity index (χ1n) is 8.99. The third-order valence-corrected chi connectivity index (χ3v) is 3.86. The summed E-state index contributed by atoms with van der Waals surface area (Å²) in [7, 11) is 1.28. The first kappa shape index (κ1) is 22.5. The molecule has 1 aromatic rings. The highest BCUT2D eigenvalue weighted by atomic mass is 16.6. The molecule has 0 N–H and O–H groups in total. The fourth-order valence-corrected chi connectivity index (χ4v) is 2.38. The number of methoxy groups -OCH3 is 1. The molecule has 7 heteroatoms. The standard InChI is InChI=1S/C20H29NO6/c1-5-12-21(19(24)27-14-16-9-7-6-8-10-16)15-20(2,3)18(23)26-13-11-17(22)25-4/h6-10H,5,11-15H2,1-4H3. The summed E-state index contributed by atoms with van der Waals surface area (Å²) in [5.41, 5.74) is -0.0411. The molecule has 0 spiro atoms. The van der Waals surface area contributed by atoms with Crippen LogP contribution >= 0.6 is 0 Å². The zero-order chi connectivity index (χ0) is 20.3. The molecule has 0 aliphatic rings. The summed E-state index contributed by atoms with van der Waals surface area (Å²) in [4.78, 5) is 37.4. The molecular weight excluding hydrogens is 350 g/mol. The van der Waals surface area contributed by atoms with Gasteiger partial charge in [0, 0.05) is 13.1 Å². The second-order valence-electron chi connectivity index (χ2n) is 6.81. The number of hydrogen-bond donors (Lipinski definition) is 0. The van der Waals surface area contributed by atoms with Crippen molar-refractivity contribution in [1.29, 1.82) is 0 Å². The van der Waals surface area contributed by atoms with Crippen molar-refractivity contribution in [2.45, 2.75) is 40.2 Å². The van der Waals surface area contributed by atoms with Gasteiger partial charge in [0.05, 0.1) is 18.9 Å². The molecule has 0 radical (unpaired) electrons. The van der Waals surface area contributed by atoms with E-state index in [9.17, 15) is 14.4 Å². The van der Waals surface area contributed by atoms with Crippen molar-refractivity contribution < 1.29 is 28.6 Å². The molecule has 0 unspecified atom stereocenters. The van der Waals surface area contributed by atoms with Crippen molar-refractivity contribution in [3.63, 3.8) is 0 Å². The lowest BCUT2D eigenvalue weighted by molar-refractivity contribution is -0.156. The van der Waals surface area contributed by atoms with Gasteiger partial charge in [-0.3, -0.25) is 9.59 Å². The Balaban J connectivity index is 2.60. The maximum absolute atomic E-state index is 12.4. The highest BCUT2D eigenvalue weighted by Crippen LogP contribution is 2.20. The molecule has 0 atom stereocenters. The van der Waals surface area contributed by atoms with Gasteiger partial charge in [0.15, 0.2) is 0 Å². The Bertz CT molecular complexity index is 614. The van der Waals surface area contributed by atoms with Crippen LogP contribution in [0, 0.1) is 5.41 Å². The van der Waals surface area contributed by atoms with Gasteiger partial charge in [-0.15, -0.1) is 0 Å². The van der Waals surface area contributed by atoms with E-state index in [2.05, 4.69) is 4.74 Å². The lowest BCUT2D eigenvalue weighted by Crippen LogP contribution is -2.43. The van der Waals surface area contributed by atoms with Crippen LogP contribution in [0.1, 0.15) is 39.2 Å². The summed E-state index contributed by atoms with van der Waals surface area (Å²) >= 11 is 0. The Morgan fingerprint density at radius 1 is 1.07 bits per heavy atom. The van der Waals surface area contributed by atoms with E-state index in [1.807, 2.05) is 37.3 Å². The maximum atomic E-state index is 12.4. The molecule has 0 heterocycles. The number of rotatable bonds is 10. The molecule has 150 valence electrons. The van der Waals surface area contributed by atoms with Crippen LogP contribution in [-0.4, -0.2) is 49.7 Å². The van der Waals surface area contributed by atoms with Gasteiger partial charge in [0.25, 0.3) is 0 Å². The van der Waals surface area contributed by atoms with Crippen molar-refractivity contribution >= 4 is 18.0 Å². The predicted octanol–water partition coefficient (Wildman–Crippen LogP) is 3.17. The number of benzene rings is 1. The van der Waals surface area contributed by atoms with Gasteiger partial charge < -0.3 is 19.1 Å². The second kappa shape index (κ2) is 11.2. The van der Waals surface area contributed by atoms with Gasteiger partial charge in [-0.05, 0) is 25.8 Å². The number of carbonyl (C=O) groups excluding carboxylic acids is 3. The van der Waals surface area contributed by atoms with Crippen LogP contribution < -0.4 is 0 Å². The summed E-state index contributed by atoms with van der Waals surface area (Å²) in [5, 5.41) is 0. The van der Waals surface area contributed by atoms with Crippen LogP contribution in [0.15, 0.2) is 30.3 Å². The highest BCUT2D eigenvalue weighted by Gasteiger charge is 2.34. The average molecular weight is 379 g/mol. The summed E-state index contributed by atoms with van der Waals surface area (Å²) < 4.78 is 15.0. The van der Waals surface area contributed by atoms with Crippen LogP contribution in [0.4, 0.5) is 4.79 Å². The van der Waals surface area contributed by atoms with Crippen LogP contribution in [0.3, 0.4) is 0 Å². The van der Waals surface area contributed by atoms with Crippen LogP contribution in [-0.2, 0) is 30.4 Å². The van der Waals surface area contributed by atoms with Crippen molar-refractivity contribution in [2.24, 2.45) is 5.41 Å². The summed E-state index contributed by atoms with van der Waals surface area (Å²) in [6.07, 6.45) is 0.250. The van der Waals surface area contributed by atoms with Crippen LogP contribution in [0.25, 0.3) is 0 Å². The molecule has 7 nitrogen and oxygen atoms in total. The van der Waals surface area contributed by atoms with Crippen LogP contribution in [0.2, 0.25) is 0 Å². The number of amides is 1. The second-order valence-corrected chi connectivity index (χ2v) is 6.81. The van der Waals surface area contributed by atoms with E-state index in [-0.39, 0.29) is 26.2 Å². The normalized spacial score (nSPS) is 10.8. The van der Waals surface area contributed by atoms with Gasteiger partial charge in [0.2, 0.25) is 0 Å². The van der Waals surface area contributed by atoms with Gasteiger partial charge in [-0.2, -0.15) is 0 Å². The van der Waals surface area contributed by atoms with Crippen molar-refractivity contribution in [2.75, 3.05) is 26.8 Å². The minimum absolute atomic E-state index is 0.00386. The lowest BCUT2D eigenvalue weighted by Gasteiger charge is -2.30. The minimum atomic E-state index is -0.933. The largest absolute Gasteiger partial charge is 0.469 e. The first-order chi connectivity index (χ1) is 12.8. The monoisotopic (exact) mass is 379 g/mol. The Hall–Kier alpha value is -2.57. The minimum Gasteiger partial charge on any atom is -0.469 e. The number of nitrogens with zero attached hydrogens (tertiary/aromatic N) is 1. The van der Waals surface area contributed by atoms with E-state index >= 15 is 0 Å². The van der Waals surface area contributed by atoms with Gasteiger partial charge in [-0.25, -0.2) is 4.79 Å². The van der Waals surface area contributed by atoms with Gasteiger partial charge >= 0.3 is 18.0 Å². The van der Waals surface area contributed by atoms with Gasteiger partial charge in [-0.1, -0.05) is 37.3 Å². The van der Waals surface area contributed by atoms with E-state index in [1.165, 1.54) is 12.0 Å². The Kier molecular flexibility index (Phi) is 9.33. The number of hydrogen-bond acceptors (Lipinski definition) is 6. The summed E-state index contributed by atoms with van der Waals surface area (Å²) in [5.74, 6) is -0.930. The molecule has 0 saturated carbocycles. The molecule has 0 bridgehead atoms. The first-order valence-corrected chi connectivity index (χ1v) is 8.99. The van der Waals surface area contributed by atoms with Crippen LogP contribution in [0.5, 0.6) is 0 Å². The lowest BCUT2D eigenvalue weighted by atomic mass is 9.93. The molecule has 0 saturated heterocycles. The zero-order valence-electron chi connectivity index (χ0n) is 16.5. The van der Waals surface area contributed by atoms with E-state index in [1.54, 1.807) is 13.8 Å². The quantitative estimate of drug-likeness (QED) is 0.459. The van der Waals surface area contributed by atoms with Crippen molar-refractivity contribution in [1.82, 2.24) is 4.90 Å². The number of esters is 2. The Morgan fingerprint density at radius 3 is 2.33 bits per heavy atom. The van der Waals surface area contributed by atoms with E-state index in [0.29, 0.717) is 6.54 Å². The van der Waals surface area contributed by atoms with E-state index < -0.39 is 23.4 Å². The SMILES string of the molecule is CCCN(CC(C)(C)C(=O)OCCC(=O)OC)C(=O)OCc1ccccc1. The molecule has 0 aromatic heterocycles.